The molecule has 0 aliphatic rings. The first-order chi connectivity index (χ1) is 12.9. The van der Waals surface area contributed by atoms with Gasteiger partial charge in [0.2, 0.25) is 0 Å². The van der Waals surface area contributed by atoms with Gasteiger partial charge in [0.25, 0.3) is 0 Å². The normalized spacial score (nSPS) is 10.0. The lowest BCUT2D eigenvalue weighted by Crippen LogP contribution is -2.15. The van der Waals surface area contributed by atoms with E-state index in [2.05, 4.69) is 0 Å². The molecule has 0 aromatic heterocycles. The van der Waals surface area contributed by atoms with Crippen molar-refractivity contribution < 1.29 is 23.8 Å². The molecule has 0 radical (unpaired) electrons. The first-order valence-electron chi connectivity index (χ1n) is 8.11. The molecule has 0 amide bonds. The fourth-order valence-electron chi connectivity index (χ4n) is 2.37. The van der Waals surface area contributed by atoms with Gasteiger partial charge in [0.05, 0.1) is 18.7 Å². The number of esters is 1. The third-order valence-electron chi connectivity index (χ3n) is 3.71. The number of halogens is 3. The highest BCUT2D eigenvalue weighted by Gasteiger charge is 2.19. The molecule has 0 atom stereocenters. The van der Waals surface area contributed by atoms with Crippen LogP contribution in [0.15, 0.2) is 30.3 Å². The lowest BCUT2D eigenvalue weighted by Gasteiger charge is -2.12. The maximum atomic E-state index is 12.8. The minimum atomic E-state index is -0.531. The first-order valence-corrected chi connectivity index (χ1v) is 8.86. The zero-order valence-corrected chi connectivity index (χ0v) is 17.6. The van der Waals surface area contributed by atoms with Gasteiger partial charge < -0.3 is 19.9 Å². The SMILES string of the molecule is CCOC(=O)COc1ccc(C(=O)c2ccc(CN)c(OC)c2)c(Cl)c1Cl.Cl. The average Bonchev–Trinajstić information content (AvgIpc) is 2.68. The van der Waals surface area contributed by atoms with Gasteiger partial charge in [-0.3, -0.25) is 4.79 Å². The number of benzene rings is 2. The molecule has 2 aromatic rings. The average molecular weight is 449 g/mol. The van der Waals surface area contributed by atoms with Gasteiger partial charge in [0, 0.05) is 23.2 Å². The van der Waals surface area contributed by atoms with Crippen LogP contribution in [0.1, 0.15) is 28.4 Å². The number of hydrogen-bond acceptors (Lipinski definition) is 6. The van der Waals surface area contributed by atoms with Crippen molar-refractivity contribution in [3.63, 3.8) is 0 Å². The van der Waals surface area contributed by atoms with E-state index in [4.69, 9.17) is 43.1 Å². The molecular weight excluding hydrogens is 429 g/mol. The number of carbonyl (C=O) groups excluding carboxylic acids is 2. The topological polar surface area (TPSA) is 87.9 Å². The van der Waals surface area contributed by atoms with E-state index < -0.39 is 5.97 Å². The molecule has 0 unspecified atom stereocenters. The Morgan fingerprint density at radius 3 is 2.39 bits per heavy atom. The maximum Gasteiger partial charge on any atom is 0.344 e. The second-order valence-corrected chi connectivity index (χ2v) is 6.15. The quantitative estimate of drug-likeness (QED) is 0.484. The zero-order chi connectivity index (χ0) is 20.0. The summed E-state index contributed by atoms with van der Waals surface area (Å²) in [6.45, 7) is 1.92. The smallest absolute Gasteiger partial charge is 0.344 e. The van der Waals surface area contributed by atoms with Gasteiger partial charge in [0.15, 0.2) is 12.4 Å². The second kappa shape index (κ2) is 11.1. The number of ketones is 1. The predicted molar refractivity (Wildman–Crippen MR) is 110 cm³/mol. The van der Waals surface area contributed by atoms with Gasteiger partial charge >= 0.3 is 5.97 Å². The molecule has 9 heteroatoms. The van der Waals surface area contributed by atoms with Gasteiger partial charge in [-0.2, -0.15) is 0 Å². The van der Waals surface area contributed by atoms with E-state index in [1.54, 1.807) is 25.1 Å². The molecule has 2 N–H and O–H groups in total. The molecule has 0 fully saturated rings. The van der Waals surface area contributed by atoms with Crippen LogP contribution in [-0.2, 0) is 16.1 Å². The van der Waals surface area contributed by atoms with Crippen LogP contribution in [0.5, 0.6) is 11.5 Å². The fraction of sp³-hybridized carbons (Fsp3) is 0.263. The van der Waals surface area contributed by atoms with E-state index in [-0.39, 0.29) is 59.3 Å². The largest absolute Gasteiger partial charge is 0.496 e. The maximum absolute atomic E-state index is 12.8. The third-order valence-corrected chi connectivity index (χ3v) is 4.58. The van der Waals surface area contributed by atoms with Crippen molar-refractivity contribution in [2.24, 2.45) is 5.73 Å². The molecule has 0 aliphatic heterocycles. The summed E-state index contributed by atoms with van der Waals surface area (Å²) in [4.78, 5) is 24.2. The monoisotopic (exact) mass is 447 g/mol. The summed E-state index contributed by atoms with van der Waals surface area (Å²) in [6, 6.07) is 7.92. The van der Waals surface area contributed by atoms with Crippen LogP contribution in [0, 0.1) is 0 Å². The van der Waals surface area contributed by atoms with Crippen LogP contribution in [0.3, 0.4) is 0 Å². The summed E-state index contributed by atoms with van der Waals surface area (Å²) in [5.41, 5.74) is 7.00. The Labute approximate surface area is 179 Å². The number of methoxy groups -OCH3 is 1. The van der Waals surface area contributed by atoms with E-state index in [1.165, 1.54) is 19.2 Å². The van der Waals surface area contributed by atoms with Crippen LogP contribution in [-0.4, -0.2) is 32.1 Å². The van der Waals surface area contributed by atoms with Crippen molar-refractivity contribution in [3.8, 4) is 11.5 Å². The lowest BCUT2D eigenvalue weighted by atomic mass is 10.0. The summed E-state index contributed by atoms with van der Waals surface area (Å²) >= 11 is 12.4. The first kappa shape index (κ1) is 24.0. The second-order valence-electron chi connectivity index (χ2n) is 5.39. The van der Waals surface area contributed by atoms with Crippen molar-refractivity contribution >= 4 is 47.4 Å². The Kier molecular flexibility index (Phi) is 9.55. The summed E-state index contributed by atoms with van der Waals surface area (Å²) in [5.74, 6) is -0.167. The van der Waals surface area contributed by atoms with E-state index >= 15 is 0 Å². The highest BCUT2D eigenvalue weighted by atomic mass is 35.5. The van der Waals surface area contributed by atoms with Crippen molar-refractivity contribution in [3.05, 3.63) is 57.1 Å². The van der Waals surface area contributed by atoms with Crippen LogP contribution in [0.25, 0.3) is 0 Å². The molecule has 28 heavy (non-hydrogen) atoms. The van der Waals surface area contributed by atoms with E-state index in [1.807, 2.05) is 0 Å². The molecule has 0 heterocycles. The number of carbonyl (C=O) groups is 2. The van der Waals surface area contributed by atoms with Crippen LogP contribution in [0.4, 0.5) is 0 Å². The Morgan fingerprint density at radius 1 is 1.07 bits per heavy atom. The van der Waals surface area contributed by atoms with Crippen molar-refractivity contribution in [1.29, 1.82) is 0 Å². The van der Waals surface area contributed by atoms with Crippen LogP contribution < -0.4 is 15.2 Å². The molecule has 6 nitrogen and oxygen atoms in total. The standard InChI is InChI=1S/C19H19Cl2NO5.ClH/c1-3-26-16(23)10-27-14-7-6-13(17(20)18(14)21)19(24)11-4-5-12(9-22)15(8-11)25-2;/h4-8H,3,9-10,22H2,1-2H3;1H. The molecule has 2 aromatic carbocycles. The number of hydrogen-bond donors (Lipinski definition) is 1. The molecule has 2 rings (SSSR count). The number of nitrogens with two attached hydrogens (primary N) is 1. The van der Waals surface area contributed by atoms with Gasteiger partial charge in [0.1, 0.15) is 16.5 Å². The fourth-order valence-corrected chi connectivity index (χ4v) is 2.83. The molecular formula is C19H20Cl3NO5. The van der Waals surface area contributed by atoms with E-state index in [0.717, 1.165) is 5.56 Å². The Morgan fingerprint density at radius 2 is 1.79 bits per heavy atom. The van der Waals surface area contributed by atoms with Gasteiger partial charge in [-0.15, -0.1) is 12.4 Å². The lowest BCUT2D eigenvalue weighted by molar-refractivity contribution is -0.145. The third kappa shape index (κ3) is 5.52. The van der Waals surface area contributed by atoms with E-state index in [0.29, 0.717) is 11.3 Å². The number of ether oxygens (including phenoxy) is 3. The minimum absolute atomic E-state index is 0. The minimum Gasteiger partial charge on any atom is -0.496 e. The van der Waals surface area contributed by atoms with Gasteiger partial charge in [-0.1, -0.05) is 35.3 Å². The highest BCUT2D eigenvalue weighted by Crippen LogP contribution is 2.36. The summed E-state index contributed by atoms with van der Waals surface area (Å²) in [5, 5.41) is 0.0715. The Hall–Kier alpha value is -1.99. The van der Waals surface area contributed by atoms with Crippen molar-refractivity contribution in [1.82, 2.24) is 0 Å². The molecule has 152 valence electrons. The summed E-state index contributed by atoms with van der Waals surface area (Å²) < 4.78 is 15.3. The van der Waals surface area contributed by atoms with Crippen molar-refractivity contribution in [2.45, 2.75) is 13.5 Å². The van der Waals surface area contributed by atoms with E-state index in [9.17, 15) is 9.59 Å². The predicted octanol–water partition coefficient (Wildman–Crippen LogP) is 4.06. The van der Waals surface area contributed by atoms with Crippen LogP contribution >= 0.6 is 35.6 Å². The van der Waals surface area contributed by atoms with Gasteiger partial charge in [-0.25, -0.2) is 4.79 Å². The Balaban J connectivity index is 0.00000392. The highest BCUT2D eigenvalue weighted by molar-refractivity contribution is 6.45. The molecule has 0 aliphatic carbocycles. The number of rotatable bonds is 8. The molecule has 0 bridgehead atoms. The summed E-state index contributed by atoms with van der Waals surface area (Å²) in [6.07, 6.45) is 0. The van der Waals surface area contributed by atoms with Crippen LogP contribution in [0.2, 0.25) is 10.0 Å². The molecule has 0 spiro atoms. The molecule has 0 saturated heterocycles. The Bertz CT molecular complexity index is 858. The van der Waals surface area contributed by atoms with Crippen molar-refractivity contribution in [2.75, 3.05) is 20.3 Å². The zero-order valence-electron chi connectivity index (χ0n) is 15.3. The van der Waals surface area contributed by atoms with Gasteiger partial charge in [-0.05, 0) is 25.1 Å². The molecule has 0 saturated carbocycles. The summed E-state index contributed by atoms with van der Waals surface area (Å²) in [7, 11) is 1.50.